The van der Waals surface area contributed by atoms with Crippen LogP contribution in [0.15, 0.2) is 36.4 Å². The third-order valence-corrected chi connectivity index (χ3v) is 10.3. The molecule has 8 heteroatoms. The van der Waals surface area contributed by atoms with E-state index >= 15 is 0 Å². The average molecular weight is 737 g/mol. The molecule has 2 atom stereocenters. The maximum atomic E-state index is 14.0. The van der Waals surface area contributed by atoms with Crippen LogP contribution in [0.1, 0.15) is 118 Å². The molecule has 49 heavy (non-hydrogen) atoms. The predicted molar refractivity (Wildman–Crippen MR) is 201 cm³/mol. The zero-order valence-electron chi connectivity index (χ0n) is 31.2. The van der Waals surface area contributed by atoms with Gasteiger partial charge >= 0.3 is 5.97 Å². The summed E-state index contributed by atoms with van der Waals surface area (Å²) in [4.78, 5) is 24.1. The molecule has 3 heterocycles. The maximum absolute atomic E-state index is 14.0. The number of alkyl halides is 1. The molecule has 0 saturated carbocycles. The van der Waals surface area contributed by atoms with E-state index in [0.29, 0.717) is 0 Å². The molecule has 0 spiro atoms. The Hall–Kier alpha value is -2.81. The molecule has 0 N–H and O–H groups in total. The van der Waals surface area contributed by atoms with E-state index < -0.39 is 11.7 Å². The number of carbonyl (C=O) groups excluding carboxylic acids is 1. The van der Waals surface area contributed by atoms with Gasteiger partial charge in [0.15, 0.2) is 6.10 Å². The number of hydrogen-bond acceptors (Lipinski definition) is 6. The molecule has 266 valence electrons. The van der Waals surface area contributed by atoms with Crippen molar-refractivity contribution >= 4 is 27.6 Å². The highest BCUT2D eigenvalue weighted by atomic mass is 79.9. The first-order valence-corrected chi connectivity index (χ1v) is 18.8. The minimum Gasteiger partial charge on any atom is -0.461 e. The normalized spacial score (nSPS) is 17.9. The summed E-state index contributed by atoms with van der Waals surface area (Å²) >= 11 is 3.90. The van der Waals surface area contributed by atoms with Crippen LogP contribution in [0, 0.1) is 25.1 Å². The first-order chi connectivity index (χ1) is 22.9. The van der Waals surface area contributed by atoms with Gasteiger partial charge in [0.05, 0.1) is 27.9 Å². The molecule has 2 unspecified atom stereocenters. The SMILES string of the molecule is Cc1cc(F)ccc1CN1CCc2cc(-c3c(C(C)Br)nc(C)c(C(OC(C)(C)C)C(=O)OC(C)C)c3N3CCC(C)(C)CC3)ccc2C1. The molecular formula is C41H55BrFN3O3. The summed E-state index contributed by atoms with van der Waals surface area (Å²) in [6.45, 7) is 24.8. The maximum Gasteiger partial charge on any atom is 0.340 e. The fraction of sp³-hybridized carbons (Fsp3) is 0.561. The number of anilines is 1. The summed E-state index contributed by atoms with van der Waals surface area (Å²) in [5.74, 6) is -0.578. The molecule has 1 fully saturated rings. The number of aromatic nitrogens is 1. The molecule has 1 saturated heterocycles. The second-order valence-electron chi connectivity index (χ2n) is 16.1. The largest absolute Gasteiger partial charge is 0.461 e. The van der Waals surface area contributed by atoms with Crippen LogP contribution in [0.25, 0.3) is 11.1 Å². The number of benzene rings is 2. The predicted octanol–water partition coefficient (Wildman–Crippen LogP) is 9.95. The molecule has 0 radical (unpaired) electrons. The first kappa shape index (κ1) is 37.4. The van der Waals surface area contributed by atoms with Gasteiger partial charge in [0, 0.05) is 49.5 Å². The third-order valence-electron chi connectivity index (χ3n) is 9.82. The molecule has 0 bridgehead atoms. The summed E-state index contributed by atoms with van der Waals surface area (Å²) in [7, 11) is 0. The lowest BCUT2D eigenvalue weighted by Gasteiger charge is -2.41. The summed E-state index contributed by atoms with van der Waals surface area (Å²) in [5.41, 5.74) is 10.1. The van der Waals surface area contributed by atoms with E-state index in [4.69, 9.17) is 14.5 Å². The Kier molecular flexibility index (Phi) is 11.3. The Morgan fingerprint density at radius 3 is 2.33 bits per heavy atom. The third kappa shape index (κ3) is 8.92. The van der Waals surface area contributed by atoms with Crippen LogP contribution in [0.2, 0.25) is 0 Å². The summed E-state index contributed by atoms with van der Waals surface area (Å²) in [6, 6.07) is 11.9. The number of rotatable bonds is 9. The molecule has 0 amide bonds. The number of esters is 1. The van der Waals surface area contributed by atoms with Gasteiger partial charge in [0.2, 0.25) is 0 Å². The second kappa shape index (κ2) is 14.8. The standard InChI is InChI=1S/C41H55BrFN3O3/c1-25(2)48-39(47)38(49-40(6,7)8)34-28(5)44-36(27(4)42)35(37(34)46-19-16-41(9,10)17-20-46)30-11-12-32-24-45(18-15-29(32)22-30)23-31-13-14-33(43)21-26(31)3/h11-14,21-22,25,27,38H,15-20,23-24H2,1-10H3. The Labute approximate surface area is 301 Å². The molecule has 1 aromatic heterocycles. The van der Waals surface area contributed by atoms with Crippen LogP contribution in [0.3, 0.4) is 0 Å². The van der Waals surface area contributed by atoms with E-state index in [2.05, 4.69) is 64.7 Å². The van der Waals surface area contributed by atoms with Gasteiger partial charge in [0.1, 0.15) is 5.82 Å². The van der Waals surface area contributed by atoms with Crippen molar-refractivity contribution < 1.29 is 18.7 Å². The lowest BCUT2D eigenvalue weighted by atomic mass is 9.81. The molecule has 2 aromatic carbocycles. The van der Waals surface area contributed by atoms with Crippen LogP contribution in [-0.4, -0.2) is 47.2 Å². The van der Waals surface area contributed by atoms with Crippen molar-refractivity contribution in [2.45, 2.75) is 124 Å². The van der Waals surface area contributed by atoms with Gasteiger partial charge in [-0.15, -0.1) is 0 Å². The van der Waals surface area contributed by atoms with Gasteiger partial charge in [0.25, 0.3) is 0 Å². The van der Waals surface area contributed by atoms with Gasteiger partial charge < -0.3 is 14.4 Å². The number of nitrogens with zero attached hydrogens (tertiary/aromatic N) is 3. The van der Waals surface area contributed by atoms with Crippen LogP contribution in [0.5, 0.6) is 0 Å². The fourth-order valence-electron chi connectivity index (χ4n) is 7.13. The quantitative estimate of drug-likeness (QED) is 0.161. The topological polar surface area (TPSA) is 54.9 Å². The van der Waals surface area contributed by atoms with Gasteiger partial charge in [-0.2, -0.15) is 0 Å². The molecule has 2 aliphatic heterocycles. The number of ether oxygens (including phenoxy) is 2. The van der Waals surface area contributed by atoms with E-state index in [9.17, 15) is 9.18 Å². The van der Waals surface area contributed by atoms with Crippen molar-refractivity contribution in [3.8, 4) is 11.1 Å². The Morgan fingerprint density at radius 2 is 1.71 bits per heavy atom. The van der Waals surface area contributed by atoms with Crippen molar-refractivity contribution in [2.24, 2.45) is 5.41 Å². The van der Waals surface area contributed by atoms with E-state index in [1.165, 1.54) is 11.1 Å². The number of pyridine rings is 1. The van der Waals surface area contributed by atoms with E-state index in [1.54, 1.807) is 12.1 Å². The molecule has 5 rings (SSSR count). The van der Waals surface area contributed by atoms with Gasteiger partial charge in [-0.25, -0.2) is 9.18 Å². The highest BCUT2D eigenvalue weighted by Crippen LogP contribution is 2.48. The molecule has 3 aromatic rings. The van der Waals surface area contributed by atoms with Crippen LogP contribution in [0.4, 0.5) is 10.1 Å². The highest BCUT2D eigenvalue weighted by molar-refractivity contribution is 9.09. The van der Waals surface area contributed by atoms with Gasteiger partial charge in [-0.1, -0.05) is 54.0 Å². The lowest BCUT2D eigenvalue weighted by Crippen LogP contribution is -2.39. The first-order valence-electron chi connectivity index (χ1n) is 17.8. The monoisotopic (exact) mass is 735 g/mol. The molecule has 0 aliphatic carbocycles. The number of aryl methyl sites for hydroxylation is 2. The van der Waals surface area contributed by atoms with Gasteiger partial charge in [-0.05, 0) is 120 Å². The number of hydrogen-bond donors (Lipinski definition) is 0. The van der Waals surface area contributed by atoms with Crippen LogP contribution >= 0.6 is 15.9 Å². The zero-order valence-corrected chi connectivity index (χ0v) is 32.8. The molecular weight excluding hydrogens is 681 g/mol. The Balaban J connectivity index is 1.64. The lowest BCUT2D eigenvalue weighted by molar-refractivity contribution is -0.171. The summed E-state index contributed by atoms with van der Waals surface area (Å²) in [6.07, 6.45) is 1.79. The Morgan fingerprint density at radius 1 is 1.02 bits per heavy atom. The fourth-order valence-corrected chi connectivity index (χ4v) is 7.46. The smallest absolute Gasteiger partial charge is 0.340 e. The van der Waals surface area contributed by atoms with E-state index in [1.807, 2.05) is 54.5 Å². The molecule has 6 nitrogen and oxygen atoms in total. The minimum atomic E-state index is -0.931. The van der Waals surface area contributed by atoms with Crippen molar-refractivity contribution in [3.63, 3.8) is 0 Å². The highest BCUT2D eigenvalue weighted by Gasteiger charge is 2.38. The second-order valence-corrected chi connectivity index (χ2v) is 17.5. The van der Waals surface area contributed by atoms with Crippen molar-refractivity contribution in [1.29, 1.82) is 0 Å². The number of fused-ring (bicyclic) bond motifs is 1. The minimum absolute atomic E-state index is 0.0229. The molecule has 2 aliphatic rings. The number of piperidine rings is 1. The van der Waals surface area contributed by atoms with Gasteiger partial charge in [-0.3, -0.25) is 9.88 Å². The summed E-state index contributed by atoms with van der Waals surface area (Å²) in [5, 5.41) is 0. The van der Waals surface area contributed by atoms with Crippen LogP contribution in [-0.2, 0) is 33.8 Å². The summed E-state index contributed by atoms with van der Waals surface area (Å²) < 4.78 is 26.2. The zero-order chi connectivity index (χ0) is 35.8. The van der Waals surface area contributed by atoms with Crippen LogP contribution < -0.4 is 4.90 Å². The number of carbonyl (C=O) groups is 1. The van der Waals surface area contributed by atoms with E-state index in [-0.39, 0.29) is 28.1 Å². The van der Waals surface area contributed by atoms with Crippen molar-refractivity contribution in [1.82, 2.24) is 9.88 Å². The van der Waals surface area contributed by atoms with Crippen molar-refractivity contribution in [3.05, 3.63) is 81.4 Å². The Bertz CT molecular complexity index is 1670. The average Bonchev–Trinajstić information content (AvgIpc) is 3.00. The van der Waals surface area contributed by atoms with Crippen molar-refractivity contribution in [2.75, 3.05) is 24.5 Å². The van der Waals surface area contributed by atoms with E-state index in [0.717, 1.165) is 96.9 Å². The number of halogens is 2.